The lowest BCUT2D eigenvalue weighted by Crippen LogP contribution is -2.10. The summed E-state index contributed by atoms with van der Waals surface area (Å²) in [5.41, 5.74) is 5.52. The van der Waals surface area contributed by atoms with Crippen LogP contribution in [-0.2, 0) is 5.41 Å². The summed E-state index contributed by atoms with van der Waals surface area (Å²) in [7, 11) is 0. The van der Waals surface area contributed by atoms with Gasteiger partial charge in [-0.3, -0.25) is 0 Å². The zero-order valence-electron chi connectivity index (χ0n) is 20.7. The molecule has 35 heavy (non-hydrogen) atoms. The average molecular weight is 449 g/mol. The molecule has 0 saturated heterocycles. The number of hydrogen-bond donors (Lipinski definition) is 0. The van der Waals surface area contributed by atoms with Crippen molar-refractivity contribution in [3.05, 3.63) is 108 Å². The first-order valence-electron chi connectivity index (χ1n) is 12.5. The summed E-state index contributed by atoms with van der Waals surface area (Å²) in [4.78, 5) is 0. The van der Waals surface area contributed by atoms with Crippen molar-refractivity contribution in [2.75, 3.05) is 0 Å². The highest BCUT2D eigenvalue weighted by atomic mass is 14.2. The summed E-state index contributed by atoms with van der Waals surface area (Å²) >= 11 is 0. The zero-order valence-corrected chi connectivity index (χ0v) is 20.7. The Morgan fingerprint density at radius 1 is 0.486 bits per heavy atom. The van der Waals surface area contributed by atoms with Gasteiger partial charge in [0.15, 0.2) is 0 Å². The fourth-order valence-electron chi connectivity index (χ4n) is 6.11. The van der Waals surface area contributed by atoms with E-state index in [1.54, 1.807) is 0 Å². The molecule has 0 unspecified atom stereocenters. The molecule has 168 valence electrons. The van der Waals surface area contributed by atoms with Crippen LogP contribution < -0.4 is 0 Å². The van der Waals surface area contributed by atoms with Crippen LogP contribution in [0, 0.1) is 6.92 Å². The Morgan fingerprint density at radius 3 is 1.60 bits per heavy atom. The largest absolute Gasteiger partial charge is 0.0616 e. The molecular weight excluding hydrogens is 420 g/mol. The smallest absolute Gasteiger partial charge is 0.00204 e. The summed E-state index contributed by atoms with van der Waals surface area (Å²) in [6, 6.07) is 36.5. The van der Waals surface area contributed by atoms with Gasteiger partial charge in [0.05, 0.1) is 0 Å². The molecule has 0 saturated carbocycles. The van der Waals surface area contributed by atoms with Gasteiger partial charge in [-0.2, -0.15) is 0 Å². The maximum atomic E-state index is 2.39. The highest BCUT2D eigenvalue weighted by molar-refractivity contribution is 6.28. The van der Waals surface area contributed by atoms with Gasteiger partial charge in [0.2, 0.25) is 0 Å². The SMILES string of the molecule is Cc1c2ccccc2c(-c2ccc3ccc4cc(C(C)(C)C)cc5ccc2c3c45)c2ccccc12. The van der Waals surface area contributed by atoms with E-state index in [2.05, 4.69) is 125 Å². The summed E-state index contributed by atoms with van der Waals surface area (Å²) in [5, 5.41) is 13.4. The maximum Gasteiger partial charge on any atom is -0.00204 e. The van der Waals surface area contributed by atoms with Gasteiger partial charge in [0.25, 0.3) is 0 Å². The standard InChI is InChI=1S/C35H28/c1-21-26-9-5-7-11-28(26)34(29-12-8-6-10-27(21)29)31-17-15-22-13-14-23-19-25(35(2,3)4)20-24-16-18-30(31)33(22)32(23)24/h5-20H,1-4H3. The Kier molecular flexibility index (Phi) is 4.13. The van der Waals surface area contributed by atoms with Crippen LogP contribution >= 0.6 is 0 Å². The monoisotopic (exact) mass is 448 g/mol. The van der Waals surface area contributed by atoms with E-state index in [4.69, 9.17) is 0 Å². The second kappa shape index (κ2) is 7.06. The Hall–Kier alpha value is -3.90. The summed E-state index contributed by atoms with van der Waals surface area (Å²) in [6.45, 7) is 9.15. The van der Waals surface area contributed by atoms with Gasteiger partial charge in [-0.05, 0) is 88.5 Å². The molecule has 7 aromatic rings. The summed E-state index contributed by atoms with van der Waals surface area (Å²) in [5.74, 6) is 0. The van der Waals surface area contributed by atoms with Gasteiger partial charge in [-0.1, -0.05) is 118 Å². The van der Waals surface area contributed by atoms with Gasteiger partial charge in [-0.25, -0.2) is 0 Å². The van der Waals surface area contributed by atoms with E-state index in [0.717, 1.165) is 0 Å². The fourth-order valence-corrected chi connectivity index (χ4v) is 6.11. The van der Waals surface area contributed by atoms with Gasteiger partial charge in [-0.15, -0.1) is 0 Å². The first kappa shape index (κ1) is 20.5. The van der Waals surface area contributed by atoms with Crippen molar-refractivity contribution < 1.29 is 0 Å². The van der Waals surface area contributed by atoms with Crippen LogP contribution in [0.5, 0.6) is 0 Å². The minimum absolute atomic E-state index is 0.120. The molecule has 0 radical (unpaired) electrons. The van der Waals surface area contributed by atoms with Crippen LogP contribution in [0.25, 0.3) is 65.0 Å². The normalized spacial score (nSPS) is 12.6. The van der Waals surface area contributed by atoms with Crippen LogP contribution in [0.3, 0.4) is 0 Å². The predicted molar refractivity (Wildman–Crippen MR) is 154 cm³/mol. The van der Waals surface area contributed by atoms with Crippen LogP contribution in [0.2, 0.25) is 0 Å². The molecular formula is C35H28. The quantitative estimate of drug-likeness (QED) is 0.173. The molecule has 0 N–H and O–H groups in total. The fraction of sp³-hybridized carbons (Fsp3) is 0.143. The van der Waals surface area contributed by atoms with Crippen molar-refractivity contribution in [2.24, 2.45) is 0 Å². The zero-order chi connectivity index (χ0) is 23.9. The van der Waals surface area contributed by atoms with Crippen LogP contribution in [-0.4, -0.2) is 0 Å². The minimum atomic E-state index is 0.120. The lowest BCUT2D eigenvalue weighted by atomic mass is 9.82. The van der Waals surface area contributed by atoms with E-state index < -0.39 is 0 Å². The first-order valence-corrected chi connectivity index (χ1v) is 12.5. The number of hydrogen-bond acceptors (Lipinski definition) is 0. The number of benzene rings is 7. The van der Waals surface area contributed by atoms with Gasteiger partial charge in [0, 0.05) is 0 Å². The molecule has 0 heteroatoms. The second-order valence-electron chi connectivity index (χ2n) is 11.0. The van der Waals surface area contributed by atoms with Crippen molar-refractivity contribution in [1.29, 1.82) is 0 Å². The number of aryl methyl sites for hydroxylation is 1. The first-order chi connectivity index (χ1) is 16.9. The number of rotatable bonds is 1. The van der Waals surface area contributed by atoms with Gasteiger partial charge >= 0.3 is 0 Å². The third-order valence-corrected chi connectivity index (χ3v) is 7.94. The third kappa shape index (κ3) is 2.86. The topological polar surface area (TPSA) is 0 Å². The van der Waals surface area contributed by atoms with Crippen LogP contribution in [0.1, 0.15) is 31.9 Å². The molecule has 0 atom stereocenters. The predicted octanol–water partition coefficient (Wildman–Crippen LogP) is 10.2. The molecule has 0 aliphatic rings. The van der Waals surface area contributed by atoms with Crippen LogP contribution in [0.15, 0.2) is 97.1 Å². The van der Waals surface area contributed by atoms with Crippen LogP contribution in [0.4, 0.5) is 0 Å². The van der Waals surface area contributed by atoms with Crippen molar-refractivity contribution >= 4 is 53.9 Å². The molecule has 0 fully saturated rings. The molecule has 0 heterocycles. The number of fused-ring (bicyclic) bond motifs is 2. The Labute approximate surface area is 206 Å². The third-order valence-electron chi connectivity index (χ3n) is 7.94. The highest BCUT2D eigenvalue weighted by Crippen LogP contribution is 2.45. The summed E-state index contributed by atoms with van der Waals surface area (Å²) in [6.07, 6.45) is 0. The van der Waals surface area contributed by atoms with E-state index in [1.807, 2.05) is 0 Å². The highest BCUT2D eigenvalue weighted by Gasteiger charge is 2.20. The van der Waals surface area contributed by atoms with E-state index in [0.29, 0.717) is 0 Å². The Morgan fingerprint density at radius 2 is 1.00 bits per heavy atom. The summed E-state index contributed by atoms with van der Waals surface area (Å²) < 4.78 is 0. The van der Waals surface area contributed by atoms with Crippen molar-refractivity contribution in [3.8, 4) is 11.1 Å². The second-order valence-corrected chi connectivity index (χ2v) is 11.0. The molecule has 0 aliphatic carbocycles. The van der Waals surface area contributed by atoms with E-state index in [1.165, 1.54) is 76.1 Å². The Bertz CT molecular complexity index is 1850. The maximum absolute atomic E-state index is 2.39. The van der Waals surface area contributed by atoms with E-state index in [9.17, 15) is 0 Å². The van der Waals surface area contributed by atoms with Gasteiger partial charge in [0.1, 0.15) is 0 Å². The van der Waals surface area contributed by atoms with Crippen molar-refractivity contribution in [3.63, 3.8) is 0 Å². The minimum Gasteiger partial charge on any atom is -0.0616 e. The average Bonchev–Trinajstić information content (AvgIpc) is 2.87. The van der Waals surface area contributed by atoms with Gasteiger partial charge < -0.3 is 0 Å². The molecule has 0 bridgehead atoms. The van der Waals surface area contributed by atoms with E-state index in [-0.39, 0.29) is 5.41 Å². The molecule has 7 aromatic carbocycles. The molecule has 0 nitrogen and oxygen atoms in total. The van der Waals surface area contributed by atoms with E-state index >= 15 is 0 Å². The molecule has 0 spiro atoms. The molecule has 0 aromatic heterocycles. The van der Waals surface area contributed by atoms with Crippen molar-refractivity contribution in [1.82, 2.24) is 0 Å². The molecule has 7 rings (SSSR count). The molecule has 0 amide bonds. The lowest BCUT2D eigenvalue weighted by Gasteiger charge is -2.22. The van der Waals surface area contributed by atoms with Crippen molar-refractivity contribution in [2.45, 2.75) is 33.1 Å². The lowest BCUT2D eigenvalue weighted by molar-refractivity contribution is 0.591. The Balaban J connectivity index is 1.66. The molecule has 0 aliphatic heterocycles.